The van der Waals surface area contributed by atoms with Gasteiger partial charge in [0.2, 0.25) is 5.91 Å². The molecular weight excluding hydrogens is 474 g/mol. The number of nitrogens with zero attached hydrogens (tertiary/aromatic N) is 1. The summed E-state index contributed by atoms with van der Waals surface area (Å²) in [7, 11) is 0. The highest BCUT2D eigenvalue weighted by molar-refractivity contribution is 5.94. The average molecular weight is 506 g/mol. The summed E-state index contributed by atoms with van der Waals surface area (Å²) in [5.41, 5.74) is 5.11. The first-order valence-corrected chi connectivity index (χ1v) is 12.9. The second kappa shape index (κ2) is 11.8. The fourth-order valence-corrected chi connectivity index (χ4v) is 4.98. The molecule has 0 bridgehead atoms. The van der Waals surface area contributed by atoms with Gasteiger partial charge < -0.3 is 9.47 Å². The van der Waals surface area contributed by atoms with Crippen LogP contribution in [0.5, 0.6) is 5.75 Å². The van der Waals surface area contributed by atoms with Crippen molar-refractivity contribution in [3.63, 3.8) is 0 Å². The zero-order valence-electron chi connectivity index (χ0n) is 21.5. The molecule has 2 amide bonds. The molecule has 0 aliphatic carbocycles. The molecular formula is C33H31NO4. The molecule has 1 heterocycles. The standard InChI is InChI=1S/C33H31NO4/c1-24-17-18-31(37-22-26-13-7-3-8-14-26)30(19-24)29(27-15-9-4-10-16-27)21-32(35)34-28(23-38-33(34)36)20-25-11-5-2-6-12-25/h2-19,28-29H,20-23H2,1H3/t28-,29+/m1/s1. The molecule has 0 N–H and O–H groups in total. The Kier molecular flexibility index (Phi) is 7.84. The van der Waals surface area contributed by atoms with E-state index < -0.39 is 6.09 Å². The van der Waals surface area contributed by atoms with Crippen LogP contribution in [0.25, 0.3) is 0 Å². The van der Waals surface area contributed by atoms with Crippen molar-refractivity contribution in [1.82, 2.24) is 4.90 Å². The fraction of sp³-hybridized carbons (Fsp3) is 0.212. The number of imide groups is 1. The van der Waals surface area contributed by atoms with Crippen molar-refractivity contribution >= 4 is 12.0 Å². The first-order valence-electron chi connectivity index (χ1n) is 12.9. The molecule has 0 spiro atoms. The van der Waals surface area contributed by atoms with E-state index in [1.54, 1.807) is 0 Å². The van der Waals surface area contributed by atoms with Gasteiger partial charge in [-0.3, -0.25) is 4.79 Å². The van der Waals surface area contributed by atoms with E-state index in [0.29, 0.717) is 13.0 Å². The van der Waals surface area contributed by atoms with E-state index in [2.05, 4.69) is 6.07 Å². The Morgan fingerprint density at radius 3 is 2.21 bits per heavy atom. The lowest BCUT2D eigenvalue weighted by Gasteiger charge is -2.25. The molecule has 1 fully saturated rings. The molecule has 1 aliphatic heterocycles. The van der Waals surface area contributed by atoms with Gasteiger partial charge in [0, 0.05) is 17.9 Å². The summed E-state index contributed by atoms with van der Waals surface area (Å²) in [5.74, 6) is 0.184. The van der Waals surface area contributed by atoms with E-state index in [-0.39, 0.29) is 30.9 Å². The quantitative estimate of drug-likeness (QED) is 0.254. The molecule has 0 saturated carbocycles. The maximum Gasteiger partial charge on any atom is 0.416 e. The van der Waals surface area contributed by atoms with Gasteiger partial charge in [-0.15, -0.1) is 0 Å². The monoisotopic (exact) mass is 505 g/mol. The number of carbonyl (C=O) groups excluding carboxylic acids is 2. The molecule has 1 aliphatic rings. The summed E-state index contributed by atoms with van der Waals surface area (Å²) in [4.78, 5) is 27.8. The highest BCUT2D eigenvalue weighted by Gasteiger charge is 2.39. The molecule has 38 heavy (non-hydrogen) atoms. The number of amides is 2. The van der Waals surface area contributed by atoms with Gasteiger partial charge in [-0.05, 0) is 36.1 Å². The Hall–Kier alpha value is -4.38. The molecule has 0 unspecified atom stereocenters. The van der Waals surface area contributed by atoms with E-state index in [9.17, 15) is 9.59 Å². The Labute approximate surface area is 223 Å². The Bertz CT molecular complexity index is 1370. The van der Waals surface area contributed by atoms with Crippen LogP contribution in [-0.4, -0.2) is 29.5 Å². The van der Waals surface area contributed by atoms with Gasteiger partial charge in [0.05, 0.1) is 6.04 Å². The maximum absolute atomic E-state index is 13.8. The molecule has 0 aromatic heterocycles. The van der Waals surface area contributed by atoms with Gasteiger partial charge in [-0.2, -0.15) is 0 Å². The average Bonchev–Trinajstić information content (AvgIpc) is 3.32. The van der Waals surface area contributed by atoms with E-state index in [4.69, 9.17) is 9.47 Å². The number of rotatable bonds is 9. The Morgan fingerprint density at radius 2 is 1.53 bits per heavy atom. The van der Waals surface area contributed by atoms with Crippen LogP contribution >= 0.6 is 0 Å². The van der Waals surface area contributed by atoms with Gasteiger partial charge in [-0.1, -0.05) is 109 Å². The van der Waals surface area contributed by atoms with Crippen molar-refractivity contribution in [2.75, 3.05) is 6.61 Å². The van der Waals surface area contributed by atoms with Crippen LogP contribution in [0.1, 0.15) is 40.2 Å². The van der Waals surface area contributed by atoms with E-state index in [1.165, 1.54) is 4.90 Å². The highest BCUT2D eigenvalue weighted by atomic mass is 16.6. The zero-order valence-corrected chi connectivity index (χ0v) is 21.5. The second-order valence-electron chi connectivity index (χ2n) is 9.67. The van der Waals surface area contributed by atoms with Crippen molar-refractivity contribution in [2.24, 2.45) is 0 Å². The van der Waals surface area contributed by atoms with Crippen molar-refractivity contribution in [1.29, 1.82) is 0 Å². The van der Waals surface area contributed by atoms with Crippen molar-refractivity contribution in [3.8, 4) is 5.75 Å². The van der Waals surface area contributed by atoms with Gasteiger partial charge in [-0.25, -0.2) is 9.69 Å². The molecule has 5 heteroatoms. The number of carbonyl (C=O) groups is 2. The normalized spacial score (nSPS) is 15.7. The van der Waals surface area contributed by atoms with E-state index in [0.717, 1.165) is 33.6 Å². The SMILES string of the molecule is Cc1ccc(OCc2ccccc2)c([C@@H](CC(=O)N2C(=O)OC[C@H]2Cc2ccccc2)c2ccccc2)c1. The van der Waals surface area contributed by atoms with Crippen LogP contribution in [0.15, 0.2) is 109 Å². The number of hydrogen-bond acceptors (Lipinski definition) is 4. The van der Waals surface area contributed by atoms with Crippen molar-refractivity contribution < 1.29 is 19.1 Å². The summed E-state index contributed by atoms with van der Waals surface area (Å²) >= 11 is 0. The Morgan fingerprint density at radius 1 is 0.895 bits per heavy atom. The lowest BCUT2D eigenvalue weighted by molar-refractivity contribution is -0.129. The third-order valence-corrected chi connectivity index (χ3v) is 6.90. The van der Waals surface area contributed by atoms with Crippen molar-refractivity contribution in [3.05, 3.63) is 137 Å². The molecule has 0 radical (unpaired) electrons. The number of ether oxygens (including phenoxy) is 2. The minimum atomic E-state index is -0.576. The summed E-state index contributed by atoms with van der Waals surface area (Å²) in [6, 6.07) is 35.5. The predicted octanol–water partition coefficient (Wildman–Crippen LogP) is 6.69. The predicted molar refractivity (Wildman–Crippen MR) is 147 cm³/mol. The summed E-state index contributed by atoms with van der Waals surface area (Å²) in [6.07, 6.45) is 0.104. The van der Waals surface area contributed by atoms with Gasteiger partial charge in [0.1, 0.15) is 19.0 Å². The second-order valence-corrected chi connectivity index (χ2v) is 9.67. The molecule has 1 saturated heterocycles. The minimum absolute atomic E-state index is 0.121. The molecule has 5 rings (SSSR count). The lowest BCUT2D eigenvalue weighted by Crippen LogP contribution is -2.40. The topological polar surface area (TPSA) is 55.8 Å². The summed E-state index contributed by atoms with van der Waals surface area (Å²) in [5, 5.41) is 0. The smallest absolute Gasteiger partial charge is 0.416 e. The highest BCUT2D eigenvalue weighted by Crippen LogP contribution is 2.37. The number of benzene rings is 4. The molecule has 2 atom stereocenters. The summed E-state index contributed by atoms with van der Waals surface area (Å²) < 4.78 is 11.6. The number of aryl methyl sites for hydroxylation is 1. The van der Waals surface area contributed by atoms with E-state index >= 15 is 0 Å². The molecule has 5 nitrogen and oxygen atoms in total. The zero-order chi connectivity index (χ0) is 26.3. The maximum atomic E-state index is 13.8. The number of cyclic esters (lactones) is 1. The molecule has 192 valence electrons. The minimum Gasteiger partial charge on any atom is -0.489 e. The summed E-state index contributed by atoms with van der Waals surface area (Å²) in [6.45, 7) is 2.65. The van der Waals surface area contributed by atoms with Crippen LogP contribution in [0.3, 0.4) is 0 Å². The van der Waals surface area contributed by atoms with Gasteiger partial charge in [0.25, 0.3) is 0 Å². The van der Waals surface area contributed by atoms with Crippen LogP contribution in [-0.2, 0) is 22.6 Å². The number of hydrogen-bond donors (Lipinski definition) is 0. The molecule has 4 aromatic carbocycles. The van der Waals surface area contributed by atoms with Crippen LogP contribution < -0.4 is 4.74 Å². The molecule has 4 aromatic rings. The van der Waals surface area contributed by atoms with Gasteiger partial charge >= 0.3 is 6.09 Å². The van der Waals surface area contributed by atoms with Crippen LogP contribution in [0.2, 0.25) is 0 Å². The lowest BCUT2D eigenvalue weighted by atomic mass is 9.86. The van der Waals surface area contributed by atoms with Crippen molar-refractivity contribution in [2.45, 2.75) is 38.3 Å². The largest absolute Gasteiger partial charge is 0.489 e. The first-order chi connectivity index (χ1) is 18.6. The fourth-order valence-electron chi connectivity index (χ4n) is 4.98. The van der Waals surface area contributed by atoms with E-state index in [1.807, 2.05) is 110 Å². The van der Waals surface area contributed by atoms with Crippen LogP contribution in [0.4, 0.5) is 4.79 Å². The van der Waals surface area contributed by atoms with Gasteiger partial charge in [0.15, 0.2) is 0 Å². The third kappa shape index (κ3) is 5.94. The third-order valence-electron chi connectivity index (χ3n) is 6.90. The Balaban J connectivity index is 1.44. The first kappa shape index (κ1) is 25.3. The van der Waals surface area contributed by atoms with Crippen LogP contribution in [0, 0.1) is 6.92 Å².